The number of hydrogen-bond acceptors (Lipinski definition) is 2. The largest absolute Gasteiger partial charge is 0.316 e. The van der Waals surface area contributed by atoms with Gasteiger partial charge in [0.2, 0.25) is 0 Å². The molecule has 0 aliphatic rings. The molecule has 19 heavy (non-hydrogen) atoms. The highest BCUT2D eigenvalue weighted by Gasteiger charge is 2.14. The Labute approximate surface area is 111 Å². The third-order valence-electron chi connectivity index (χ3n) is 3.09. The monoisotopic (exact) mass is 262 g/mol. The van der Waals surface area contributed by atoms with E-state index in [0.29, 0.717) is 18.4 Å². The van der Waals surface area contributed by atoms with Crippen LogP contribution in [0.1, 0.15) is 11.3 Å². The summed E-state index contributed by atoms with van der Waals surface area (Å²) in [6.07, 6.45) is 2.83. The van der Waals surface area contributed by atoms with Crippen LogP contribution in [0.25, 0.3) is 0 Å². The summed E-state index contributed by atoms with van der Waals surface area (Å²) in [6, 6.07) is 9.98. The van der Waals surface area contributed by atoms with Gasteiger partial charge in [-0.15, -0.1) is 0 Å². The molecule has 1 aromatic heterocycles. The van der Waals surface area contributed by atoms with Crippen LogP contribution >= 0.6 is 0 Å². The smallest absolute Gasteiger partial charge is 0.162 e. The fourth-order valence-corrected chi connectivity index (χ4v) is 2.02. The van der Waals surface area contributed by atoms with Crippen molar-refractivity contribution in [2.45, 2.75) is 18.9 Å². The third kappa shape index (κ3) is 3.58. The lowest BCUT2D eigenvalue weighted by atomic mass is 10.0. The number of aromatic nitrogens is 1. The van der Waals surface area contributed by atoms with Gasteiger partial charge in [0.05, 0.1) is 0 Å². The molecule has 2 aromatic rings. The highest BCUT2D eigenvalue weighted by molar-refractivity contribution is 5.20. The molecule has 0 radical (unpaired) electrons. The minimum absolute atomic E-state index is 0.0196. The van der Waals surface area contributed by atoms with E-state index in [0.717, 1.165) is 11.8 Å². The molecular formula is C15H16F2N2. The number of nitrogens with zero attached hydrogens (tertiary/aromatic N) is 1. The van der Waals surface area contributed by atoms with Gasteiger partial charge in [0.25, 0.3) is 0 Å². The third-order valence-corrected chi connectivity index (χ3v) is 3.09. The number of benzene rings is 1. The number of hydrogen-bond donors (Lipinski definition) is 1. The average molecular weight is 262 g/mol. The fraction of sp³-hybridized carbons (Fsp3) is 0.267. The standard InChI is InChI=1S/C15H16F2N2/c1-18-13(10-12-6-2-3-8-19-12)9-11-5-4-7-14(16)15(11)17/h2-8,13,18H,9-10H2,1H3. The maximum atomic E-state index is 13.6. The van der Waals surface area contributed by atoms with Crippen LogP contribution in [0.2, 0.25) is 0 Å². The number of likely N-dealkylation sites (N-methyl/N-ethyl adjacent to an activating group) is 1. The van der Waals surface area contributed by atoms with Crippen molar-refractivity contribution >= 4 is 0 Å². The SMILES string of the molecule is CNC(Cc1ccccn1)Cc1cccc(F)c1F. The molecular weight excluding hydrogens is 246 g/mol. The van der Waals surface area contributed by atoms with Gasteiger partial charge < -0.3 is 5.32 Å². The molecule has 0 saturated carbocycles. The molecule has 0 aliphatic carbocycles. The van der Waals surface area contributed by atoms with Gasteiger partial charge in [-0.25, -0.2) is 8.78 Å². The van der Waals surface area contributed by atoms with E-state index in [9.17, 15) is 8.78 Å². The lowest BCUT2D eigenvalue weighted by molar-refractivity contribution is 0.481. The van der Waals surface area contributed by atoms with E-state index in [1.807, 2.05) is 25.2 Å². The van der Waals surface area contributed by atoms with Crippen molar-refractivity contribution in [3.8, 4) is 0 Å². The van der Waals surface area contributed by atoms with E-state index in [4.69, 9.17) is 0 Å². The van der Waals surface area contributed by atoms with Gasteiger partial charge in [0.1, 0.15) is 0 Å². The van der Waals surface area contributed by atoms with Crippen molar-refractivity contribution in [3.63, 3.8) is 0 Å². The summed E-state index contributed by atoms with van der Waals surface area (Å²) in [6.45, 7) is 0. The number of pyridine rings is 1. The second kappa shape index (κ2) is 6.38. The van der Waals surface area contributed by atoms with E-state index in [1.165, 1.54) is 6.07 Å². The Kier molecular flexibility index (Phi) is 4.58. The van der Waals surface area contributed by atoms with E-state index >= 15 is 0 Å². The summed E-state index contributed by atoms with van der Waals surface area (Å²) in [7, 11) is 1.81. The summed E-state index contributed by atoms with van der Waals surface area (Å²) < 4.78 is 26.8. The van der Waals surface area contributed by atoms with Gasteiger partial charge >= 0.3 is 0 Å². The highest BCUT2D eigenvalue weighted by atomic mass is 19.2. The number of nitrogens with one attached hydrogen (secondary N) is 1. The van der Waals surface area contributed by atoms with Crippen molar-refractivity contribution in [3.05, 3.63) is 65.5 Å². The molecule has 2 rings (SSSR count). The highest BCUT2D eigenvalue weighted by Crippen LogP contribution is 2.14. The second-order valence-corrected chi connectivity index (χ2v) is 4.43. The van der Waals surface area contributed by atoms with Gasteiger partial charge in [-0.1, -0.05) is 18.2 Å². The topological polar surface area (TPSA) is 24.9 Å². The molecule has 2 nitrogen and oxygen atoms in total. The number of halogens is 2. The van der Waals surface area contributed by atoms with Gasteiger partial charge in [0, 0.05) is 24.4 Å². The molecule has 1 N–H and O–H groups in total. The zero-order valence-corrected chi connectivity index (χ0v) is 10.7. The quantitative estimate of drug-likeness (QED) is 0.896. The maximum Gasteiger partial charge on any atom is 0.162 e. The van der Waals surface area contributed by atoms with Crippen molar-refractivity contribution in [1.29, 1.82) is 0 Å². The Morgan fingerprint density at radius 1 is 1.11 bits per heavy atom. The Morgan fingerprint density at radius 2 is 1.95 bits per heavy atom. The van der Waals surface area contributed by atoms with Gasteiger partial charge in [-0.3, -0.25) is 4.98 Å². The molecule has 0 fully saturated rings. The second-order valence-electron chi connectivity index (χ2n) is 4.43. The maximum absolute atomic E-state index is 13.6. The molecule has 4 heteroatoms. The molecule has 0 spiro atoms. The van der Waals surface area contributed by atoms with Crippen molar-refractivity contribution < 1.29 is 8.78 Å². The lowest BCUT2D eigenvalue weighted by Gasteiger charge is -2.16. The summed E-state index contributed by atoms with van der Waals surface area (Å²) in [4.78, 5) is 4.24. The van der Waals surface area contributed by atoms with E-state index in [-0.39, 0.29) is 6.04 Å². The van der Waals surface area contributed by atoms with Gasteiger partial charge in [-0.05, 0) is 37.2 Å². The van der Waals surface area contributed by atoms with E-state index < -0.39 is 11.6 Å². The molecule has 1 atom stereocenters. The van der Waals surface area contributed by atoms with E-state index in [2.05, 4.69) is 10.3 Å². The molecule has 1 unspecified atom stereocenters. The fourth-order valence-electron chi connectivity index (χ4n) is 2.02. The Hall–Kier alpha value is -1.81. The molecule has 0 aliphatic heterocycles. The lowest BCUT2D eigenvalue weighted by Crippen LogP contribution is -2.30. The van der Waals surface area contributed by atoms with Crippen LogP contribution in [0.3, 0.4) is 0 Å². The predicted molar refractivity (Wildman–Crippen MR) is 70.9 cm³/mol. The van der Waals surface area contributed by atoms with Crippen molar-refractivity contribution in [1.82, 2.24) is 10.3 Å². The van der Waals surface area contributed by atoms with Gasteiger partial charge in [-0.2, -0.15) is 0 Å². The first kappa shape index (κ1) is 13.6. The molecule has 100 valence electrons. The average Bonchev–Trinajstić information content (AvgIpc) is 2.44. The van der Waals surface area contributed by atoms with Crippen LogP contribution < -0.4 is 5.32 Å². The minimum Gasteiger partial charge on any atom is -0.316 e. The van der Waals surface area contributed by atoms with Crippen LogP contribution in [-0.4, -0.2) is 18.1 Å². The summed E-state index contributed by atoms with van der Waals surface area (Å²) in [5.41, 5.74) is 1.31. The molecule has 1 heterocycles. The first-order chi connectivity index (χ1) is 9.20. The van der Waals surface area contributed by atoms with E-state index in [1.54, 1.807) is 12.3 Å². The van der Waals surface area contributed by atoms with Crippen LogP contribution in [0.15, 0.2) is 42.6 Å². The molecule has 0 amide bonds. The Balaban J connectivity index is 2.09. The molecule has 1 aromatic carbocycles. The first-order valence-corrected chi connectivity index (χ1v) is 6.20. The van der Waals surface area contributed by atoms with Crippen LogP contribution in [0.4, 0.5) is 8.78 Å². The van der Waals surface area contributed by atoms with Gasteiger partial charge in [0.15, 0.2) is 11.6 Å². The van der Waals surface area contributed by atoms with Crippen molar-refractivity contribution in [2.75, 3.05) is 7.05 Å². The zero-order chi connectivity index (χ0) is 13.7. The van der Waals surface area contributed by atoms with Crippen LogP contribution in [0.5, 0.6) is 0 Å². The Bertz CT molecular complexity index is 529. The normalized spacial score (nSPS) is 12.4. The summed E-state index contributed by atoms with van der Waals surface area (Å²) in [5, 5.41) is 3.12. The van der Waals surface area contributed by atoms with Crippen molar-refractivity contribution in [2.24, 2.45) is 0 Å². The predicted octanol–water partition coefficient (Wildman–Crippen LogP) is 2.73. The Morgan fingerprint density at radius 3 is 2.63 bits per heavy atom. The summed E-state index contributed by atoms with van der Waals surface area (Å²) in [5.74, 6) is -1.56. The first-order valence-electron chi connectivity index (χ1n) is 6.20. The molecule has 0 bridgehead atoms. The molecule has 0 saturated heterocycles. The van der Waals surface area contributed by atoms with Crippen LogP contribution in [-0.2, 0) is 12.8 Å². The minimum atomic E-state index is -0.801. The summed E-state index contributed by atoms with van der Waals surface area (Å²) >= 11 is 0. The van der Waals surface area contributed by atoms with Crippen LogP contribution in [0, 0.1) is 11.6 Å². The zero-order valence-electron chi connectivity index (χ0n) is 10.7. The number of rotatable bonds is 5.